The van der Waals surface area contributed by atoms with E-state index in [1.165, 1.54) is 18.5 Å². The molecule has 20 heavy (non-hydrogen) atoms. The van der Waals surface area contributed by atoms with Gasteiger partial charge in [-0.3, -0.25) is 0 Å². The van der Waals surface area contributed by atoms with E-state index in [2.05, 4.69) is 14.9 Å². The summed E-state index contributed by atoms with van der Waals surface area (Å²) in [6.45, 7) is 1.58. The fourth-order valence-electron chi connectivity index (χ4n) is 2.50. The highest BCUT2D eigenvalue weighted by molar-refractivity contribution is 5.84. The molecule has 1 fully saturated rings. The second-order valence-electron chi connectivity index (χ2n) is 4.96. The van der Waals surface area contributed by atoms with E-state index < -0.39 is 0 Å². The van der Waals surface area contributed by atoms with Crippen molar-refractivity contribution in [3.63, 3.8) is 0 Å². The van der Waals surface area contributed by atoms with Crippen molar-refractivity contribution in [2.45, 2.75) is 12.5 Å². The van der Waals surface area contributed by atoms with Crippen LogP contribution in [0.5, 0.6) is 0 Å². The van der Waals surface area contributed by atoms with Crippen LogP contribution in [0.3, 0.4) is 0 Å². The highest BCUT2D eigenvalue weighted by atomic mass is 19.1. The van der Waals surface area contributed by atoms with E-state index in [1.54, 1.807) is 12.1 Å². The molecule has 0 bridgehead atoms. The molecule has 2 aromatic rings. The van der Waals surface area contributed by atoms with Crippen LogP contribution >= 0.6 is 0 Å². The zero-order valence-corrected chi connectivity index (χ0v) is 11.0. The first-order valence-corrected chi connectivity index (χ1v) is 6.52. The average Bonchev–Trinajstić information content (AvgIpc) is 2.86. The van der Waals surface area contributed by atoms with Crippen molar-refractivity contribution in [1.82, 2.24) is 9.97 Å². The highest BCUT2D eigenvalue weighted by Crippen LogP contribution is 2.34. The van der Waals surface area contributed by atoms with Crippen LogP contribution < -0.4 is 16.4 Å². The predicted molar refractivity (Wildman–Crippen MR) is 76.6 cm³/mol. The van der Waals surface area contributed by atoms with Gasteiger partial charge in [-0.2, -0.15) is 0 Å². The molecule has 1 atom stereocenters. The maximum Gasteiger partial charge on any atom is 0.142 e. The van der Waals surface area contributed by atoms with Crippen LogP contribution in [0.25, 0.3) is 11.1 Å². The lowest BCUT2D eigenvalue weighted by Gasteiger charge is -2.21. The van der Waals surface area contributed by atoms with Crippen LogP contribution in [0.1, 0.15) is 6.42 Å². The van der Waals surface area contributed by atoms with Gasteiger partial charge in [0.25, 0.3) is 0 Å². The molecule has 0 saturated carbocycles. The third kappa shape index (κ3) is 2.30. The van der Waals surface area contributed by atoms with Crippen molar-refractivity contribution in [2.24, 2.45) is 5.73 Å². The Balaban J connectivity index is 2.07. The quantitative estimate of drug-likeness (QED) is 0.864. The first kappa shape index (κ1) is 12.8. The lowest BCUT2D eigenvalue weighted by Crippen LogP contribution is -2.27. The molecule has 6 heteroatoms. The highest BCUT2D eigenvalue weighted by Gasteiger charge is 2.24. The molecule has 0 aliphatic carbocycles. The summed E-state index contributed by atoms with van der Waals surface area (Å²) in [7, 11) is 0. The summed E-state index contributed by atoms with van der Waals surface area (Å²) in [6, 6.07) is 6.32. The van der Waals surface area contributed by atoms with Gasteiger partial charge in [-0.05, 0) is 24.1 Å². The third-order valence-corrected chi connectivity index (χ3v) is 3.51. The van der Waals surface area contributed by atoms with Gasteiger partial charge in [-0.1, -0.05) is 12.1 Å². The van der Waals surface area contributed by atoms with Gasteiger partial charge in [0.2, 0.25) is 0 Å². The Morgan fingerprint density at radius 3 is 2.60 bits per heavy atom. The number of nitrogens with two attached hydrogens (primary N) is 2. The molecule has 1 aliphatic rings. The summed E-state index contributed by atoms with van der Waals surface area (Å²) in [4.78, 5) is 10.5. The summed E-state index contributed by atoms with van der Waals surface area (Å²) < 4.78 is 13.1. The molecule has 1 saturated heterocycles. The van der Waals surface area contributed by atoms with E-state index in [-0.39, 0.29) is 11.9 Å². The SMILES string of the molecule is Nc1ncnc(N2CCC(N)C2)c1-c1ccc(F)cc1. The van der Waals surface area contributed by atoms with Gasteiger partial charge >= 0.3 is 0 Å². The fraction of sp³-hybridized carbons (Fsp3) is 0.286. The summed E-state index contributed by atoms with van der Waals surface area (Å²) in [5.41, 5.74) is 13.5. The Labute approximate surface area is 116 Å². The summed E-state index contributed by atoms with van der Waals surface area (Å²) in [5.74, 6) is 0.869. The predicted octanol–water partition coefficient (Wildman–Crippen LogP) is 1.40. The smallest absolute Gasteiger partial charge is 0.142 e. The number of nitrogen functional groups attached to an aromatic ring is 1. The number of nitrogens with zero attached hydrogens (tertiary/aromatic N) is 3. The molecule has 4 N–H and O–H groups in total. The normalized spacial score (nSPS) is 18.5. The zero-order valence-electron chi connectivity index (χ0n) is 11.0. The minimum atomic E-state index is -0.283. The summed E-state index contributed by atoms with van der Waals surface area (Å²) in [6.07, 6.45) is 2.37. The molecule has 1 aliphatic heterocycles. The van der Waals surface area contributed by atoms with Crippen LogP contribution in [0.2, 0.25) is 0 Å². The van der Waals surface area contributed by atoms with Crippen molar-refractivity contribution in [2.75, 3.05) is 23.7 Å². The van der Waals surface area contributed by atoms with Crippen LogP contribution in [-0.4, -0.2) is 29.1 Å². The number of benzene rings is 1. The third-order valence-electron chi connectivity index (χ3n) is 3.51. The molecule has 0 spiro atoms. The van der Waals surface area contributed by atoms with Crippen molar-refractivity contribution in [1.29, 1.82) is 0 Å². The lowest BCUT2D eigenvalue weighted by molar-refractivity contribution is 0.628. The van der Waals surface area contributed by atoms with Crippen molar-refractivity contribution >= 4 is 11.6 Å². The summed E-state index contributed by atoms with van der Waals surface area (Å²) >= 11 is 0. The number of rotatable bonds is 2. The molecule has 0 radical (unpaired) electrons. The van der Waals surface area contributed by atoms with E-state index in [1.807, 2.05) is 0 Å². The van der Waals surface area contributed by atoms with Crippen LogP contribution in [0.15, 0.2) is 30.6 Å². The minimum Gasteiger partial charge on any atom is -0.383 e. The van der Waals surface area contributed by atoms with Gasteiger partial charge in [-0.15, -0.1) is 0 Å². The Morgan fingerprint density at radius 2 is 1.95 bits per heavy atom. The molecule has 104 valence electrons. The van der Waals surface area contributed by atoms with E-state index in [4.69, 9.17) is 11.5 Å². The first-order valence-electron chi connectivity index (χ1n) is 6.52. The van der Waals surface area contributed by atoms with E-state index in [0.29, 0.717) is 5.82 Å². The molecule has 1 aromatic carbocycles. The van der Waals surface area contributed by atoms with Gasteiger partial charge in [-0.25, -0.2) is 14.4 Å². The molecule has 1 aromatic heterocycles. The number of hydrogen-bond donors (Lipinski definition) is 2. The number of halogens is 1. The molecule has 0 amide bonds. The average molecular weight is 273 g/mol. The van der Waals surface area contributed by atoms with Crippen LogP contribution in [-0.2, 0) is 0 Å². The maximum atomic E-state index is 13.1. The Bertz CT molecular complexity index is 613. The first-order chi connectivity index (χ1) is 9.65. The number of aromatic nitrogens is 2. The monoisotopic (exact) mass is 273 g/mol. The van der Waals surface area contributed by atoms with Gasteiger partial charge in [0, 0.05) is 19.1 Å². The second kappa shape index (κ2) is 5.05. The van der Waals surface area contributed by atoms with E-state index in [0.717, 1.165) is 36.5 Å². The molecular formula is C14H16FN5. The molecule has 2 heterocycles. The largest absolute Gasteiger partial charge is 0.383 e. The van der Waals surface area contributed by atoms with Crippen molar-refractivity contribution < 1.29 is 4.39 Å². The van der Waals surface area contributed by atoms with Crippen molar-refractivity contribution in [3.05, 3.63) is 36.4 Å². The lowest BCUT2D eigenvalue weighted by atomic mass is 10.1. The minimum absolute atomic E-state index is 0.146. The van der Waals surface area contributed by atoms with Gasteiger partial charge in [0.15, 0.2) is 0 Å². The zero-order chi connectivity index (χ0) is 14.1. The van der Waals surface area contributed by atoms with Gasteiger partial charge in [0.05, 0.1) is 5.56 Å². The molecule has 5 nitrogen and oxygen atoms in total. The van der Waals surface area contributed by atoms with Gasteiger partial charge < -0.3 is 16.4 Å². The Morgan fingerprint density at radius 1 is 1.20 bits per heavy atom. The molecule has 3 rings (SSSR count). The standard InChI is InChI=1S/C14H16FN5/c15-10-3-1-9(2-4-10)12-13(17)18-8-19-14(12)20-6-5-11(16)7-20/h1-4,8,11H,5-7,16H2,(H2,17,18,19). The maximum absolute atomic E-state index is 13.1. The fourth-order valence-corrected chi connectivity index (χ4v) is 2.50. The van der Waals surface area contributed by atoms with Crippen LogP contribution in [0, 0.1) is 5.82 Å². The molecule has 1 unspecified atom stereocenters. The van der Waals surface area contributed by atoms with Crippen molar-refractivity contribution in [3.8, 4) is 11.1 Å². The van der Waals surface area contributed by atoms with E-state index >= 15 is 0 Å². The van der Waals surface area contributed by atoms with E-state index in [9.17, 15) is 4.39 Å². The number of anilines is 2. The topological polar surface area (TPSA) is 81.1 Å². The summed E-state index contributed by atoms with van der Waals surface area (Å²) in [5, 5.41) is 0. The van der Waals surface area contributed by atoms with Crippen LogP contribution in [0.4, 0.5) is 16.0 Å². The second-order valence-corrected chi connectivity index (χ2v) is 4.96. The molecular weight excluding hydrogens is 257 g/mol. The van der Waals surface area contributed by atoms with Gasteiger partial charge in [0.1, 0.15) is 23.8 Å². The Hall–Kier alpha value is -2.21. The Kier molecular flexibility index (Phi) is 3.23. The number of hydrogen-bond acceptors (Lipinski definition) is 5.